The van der Waals surface area contributed by atoms with E-state index >= 15 is 0 Å². The van der Waals surface area contributed by atoms with Crippen molar-refractivity contribution in [2.45, 2.75) is 26.8 Å². The summed E-state index contributed by atoms with van der Waals surface area (Å²) in [6.07, 6.45) is 0. The summed E-state index contributed by atoms with van der Waals surface area (Å²) in [6, 6.07) is 6.31. The third-order valence-electron chi connectivity index (χ3n) is 4.45. The van der Waals surface area contributed by atoms with Gasteiger partial charge in [-0.1, -0.05) is 19.9 Å². The van der Waals surface area contributed by atoms with E-state index in [9.17, 15) is 23.2 Å². The smallest absolute Gasteiger partial charge is 0.269 e. The molecular weight excluding hydrogens is 424 g/mol. The van der Waals surface area contributed by atoms with Crippen LogP contribution in [-0.2, 0) is 4.79 Å². The first kappa shape index (κ1) is 24.6. The fourth-order valence-electron chi connectivity index (χ4n) is 2.81. The van der Waals surface area contributed by atoms with E-state index in [2.05, 4.69) is 16.2 Å². The summed E-state index contributed by atoms with van der Waals surface area (Å²) >= 11 is 0. The number of carbonyl (C=O) groups excluding carboxylic acids is 3. The number of nitrogens with one attached hydrogen (secondary N) is 3. The number of hydrogen-bond acceptors (Lipinski definition) is 5. The molecule has 0 saturated carbocycles. The van der Waals surface area contributed by atoms with E-state index in [1.807, 2.05) is 0 Å². The predicted molar refractivity (Wildman–Crippen MR) is 112 cm³/mol. The second-order valence-electron chi connectivity index (χ2n) is 7.03. The molecule has 0 aliphatic heterocycles. The van der Waals surface area contributed by atoms with Crippen LogP contribution >= 0.6 is 0 Å². The molecule has 0 bridgehead atoms. The highest BCUT2D eigenvalue weighted by Gasteiger charge is 2.27. The van der Waals surface area contributed by atoms with Crippen molar-refractivity contribution in [3.05, 3.63) is 59.2 Å². The minimum absolute atomic E-state index is 0.184. The lowest BCUT2D eigenvalue weighted by Gasteiger charge is -2.22. The van der Waals surface area contributed by atoms with Crippen molar-refractivity contribution in [1.82, 2.24) is 16.2 Å². The van der Waals surface area contributed by atoms with Gasteiger partial charge in [-0.2, -0.15) is 0 Å². The van der Waals surface area contributed by atoms with Gasteiger partial charge in [-0.3, -0.25) is 25.2 Å². The van der Waals surface area contributed by atoms with Crippen molar-refractivity contribution >= 4 is 17.7 Å². The van der Waals surface area contributed by atoms with Crippen LogP contribution in [0.5, 0.6) is 11.5 Å². The largest absolute Gasteiger partial charge is 0.493 e. The van der Waals surface area contributed by atoms with Crippen molar-refractivity contribution in [3.63, 3.8) is 0 Å². The number of benzene rings is 2. The Morgan fingerprint density at radius 3 is 2.19 bits per heavy atom. The van der Waals surface area contributed by atoms with Gasteiger partial charge in [0.1, 0.15) is 23.2 Å². The highest BCUT2D eigenvalue weighted by molar-refractivity contribution is 5.99. The van der Waals surface area contributed by atoms with Crippen LogP contribution in [0.2, 0.25) is 0 Å². The van der Waals surface area contributed by atoms with Gasteiger partial charge in [-0.15, -0.1) is 0 Å². The van der Waals surface area contributed by atoms with Gasteiger partial charge in [-0.25, -0.2) is 8.78 Å². The van der Waals surface area contributed by atoms with E-state index in [0.29, 0.717) is 18.1 Å². The Kier molecular flexibility index (Phi) is 8.51. The lowest BCUT2D eigenvalue weighted by Crippen LogP contribution is -2.54. The first-order valence-corrected chi connectivity index (χ1v) is 9.85. The molecule has 3 N–H and O–H groups in total. The minimum Gasteiger partial charge on any atom is -0.493 e. The van der Waals surface area contributed by atoms with Gasteiger partial charge in [0, 0.05) is 5.56 Å². The minimum atomic E-state index is -1.17. The molecule has 0 unspecified atom stereocenters. The SMILES string of the molecule is CCOc1ccc(C(=O)NNC(=O)[C@H](NC(=O)c2c(F)cccc2F)C(C)C)cc1OC. The maximum absolute atomic E-state index is 13.9. The lowest BCUT2D eigenvalue weighted by molar-refractivity contribution is -0.124. The summed E-state index contributed by atoms with van der Waals surface area (Å²) in [7, 11) is 1.43. The van der Waals surface area contributed by atoms with Crippen LogP contribution in [0.3, 0.4) is 0 Å². The Morgan fingerprint density at radius 2 is 1.62 bits per heavy atom. The van der Waals surface area contributed by atoms with Crippen LogP contribution in [0.25, 0.3) is 0 Å². The first-order valence-electron chi connectivity index (χ1n) is 9.85. The van der Waals surface area contributed by atoms with Crippen molar-refractivity contribution in [3.8, 4) is 11.5 Å². The number of amides is 3. The molecule has 2 aromatic carbocycles. The zero-order valence-corrected chi connectivity index (χ0v) is 18.1. The molecule has 2 aromatic rings. The third kappa shape index (κ3) is 5.93. The number of hydrazine groups is 1. The van der Waals surface area contributed by atoms with Gasteiger partial charge in [-0.05, 0) is 43.2 Å². The zero-order valence-electron chi connectivity index (χ0n) is 18.1. The van der Waals surface area contributed by atoms with Crippen LogP contribution in [0.1, 0.15) is 41.5 Å². The summed E-state index contributed by atoms with van der Waals surface area (Å²) in [5, 5.41) is 2.30. The van der Waals surface area contributed by atoms with Gasteiger partial charge in [0.05, 0.1) is 13.7 Å². The highest BCUT2D eigenvalue weighted by atomic mass is 19.1. The standard InChI is InChI=1S/C22H25F2N3O5/c1-5-32-16-10-9-13(11-17(16)31-4)20(28)26-27-22(30)19(12(2)3)25-21(29)18-14(23)7-6-8-15(18)24/h6-12,19H,5H2,1-4H3,(H,25,29)(H,26,28)(H,27,30)/t19-/m1/s1. The molecule has 10 heteroatoms. The molecule has 0 fully saturated rings. The summed E-state index contributed by atoms with van der Waals surface area (Å²) in [5.41, 5.74) is 3.84. The highest BCUT2D eigenvalue weighted by Crippen LogP contribution is 2.27. The van der Waals surface area contributed by atoms with E-state index in [4.69, 9.17) is 9.47 Å². The fraction of sp³-hybridized carbons (Fsp3) is 0.318. The molecular formula is C22H25F2N3O5. The van der Waals surface area contributed by atoms with Gasteiger partial charge in [0.25, 0.3) is 17.7 Å². The number of methoxy groups -OCH3 is 1. The molecule has 8 nitrogen and oxygen atoms in total. The number of hydrogen-bond donors (Lipinski definition) is 3. The van der Waals surface area contributed by atoms with Crippen LogP contribution in [0.4, 0.5) is 8.78 Å². The molecule has 0 radical (unpaired) electrons. The van der Waals surface area contributed by atoms with Gasteiger partial charge < -0.3 is 14.8 Å². The normalized spacial score (nSPS) is 11.5. The lowest BCUT2D eigenvalue weighted by atomic mass is 10.0. The predicted octanol–water partition coefficient (Wildman–Crippen LogP) is 2.59. The van der Waals surface area contributed by atoms with E-state index in [1.54, 1.807) is 26.8 Å². The monoisotopic (exact) mass is 449 g/mol. The Hall–Kier alpha value is -3.69. The maximum atomic E-state index is 13.9. The Labute approximate surface area is 184 Å². The Balaban J connectivity index is 2.07. The van der Waals surface area contributed by atoms with Gasteiger partial charge >= 0.3 is 0 Å². The Bertz CT molecular complexity index is 977. The van der Waals surface area contributed by atoms with E-state index in [1.165, 1.54) is 19.2 Å². The van der Waals surface area contributed by atoms with Crippen molar-refractivity contribution < 1.29 is 32.6 Å². The number of ether oxygens (including phenoxy) is 2. The van der Waals surface area contributed by atoms with Crippen molar-refractivity contribution in [2.24, 2.45) is 5.92 Å². The zero-order chi connectivity index (χ0) is 23.8. The maximum Gasteiger partial charge on any atom is 0.269 e. The molecule has 0 aliphatic rings. The van der Waals surface area contributed by atoms with E-state index in [0.717, 1.165) is 18.2 Å². The molecule has 0 spiro atoms. The number of carbonyl (C=O) groups is 3. The molecule has 0 aliphatic carbocycles. The van der Waals surface area contributed by atoms with Crippen LogP contribution in [0, 0.1) is 17.6 Å². The van der Waals surface area contributed by atoms with E-state index in [-0.39, 0.29) is 5.56 Å². The molecule has 32 heavy (non-hydrogen) atoms. The van der Waals surface area contributed by atoms with Crippen molar-refractivity contribution in [2.75, 3.05) is 13.7 Å². The second-order valence-corrected chi connectivity index (χ2v) is 7.03. The molecule has 0 heterocycles. The molecule has 0 saturated heterocycles. The summed E-state index contributed by atoms with van der Waals surface area (Å²) in [5.74, 6) is -4.26. The Morgan fingerprint density at radius 1 is 0.969 bits per heavy atom. The molecule has 172 valence electrons. The molecule has 2 rings (SSSR count). The fourth-order valence-corrected chi connectivity index (χ4v) is 2.81. The van der Waals surface area contributed by atoms with Gasteiger partial charge in [0.15, 0.2) is 11.5 Å². The average Bonchev–Trinajstić information content (AvgIpc) is 2.75. The molecule has 0 aromatic heterocycles. The topological polar surface area (TPSA) is 106 Å². The summed E-state index contributed by atoms with van der Waals surface area (Å²) < 4.78 is 38.3. The quantitative estimate of drug-likeness (QED) is 0.538. The number of rotatable bonds is 8. The third-order valence-corrected chi connectivity index (χ3v) is 4.45. The first-order chi connectivity index (χ1) is 15.2. The van der Waals surface area contributed by atoms with Crippen LogP contribution < -0.4 is 25.6 Å². The van der Waals surface area contributed by atoms with Crippen LogP contribution in [-0.4, -0.2) is 37.5 Å². The summed E-state index contributed by atoms with van der Waals surface area (Å²) in [4.78, 5) is 37.3. The molecule has 1 atom stereocenters. The van der Waals surface area contributed by atoms with Crippen LogP contribution in [0.15, 0.2) is 36.4 Å². The second kappa shape index (κ2) is 11.1. The number of halogens is 2. The van der Waals surface area contributed by atoms with E-state index < -0.39 is 46.9 Å². The summed E-state index contributed by atoms with van der Waals surface area (Å²) in [6.45, 7) is 5.47. The van der Waals surface area contributed by atoms with Gasteiger partial charge in [0.2, 0.25) is 0 Å². The van der Waals surface area contributed by atoms with Crippen molar-refractivity contribution in [1.29, 1.82) is 0 Å². The average molecular weight is 449 g/mol. The molecule has 3 amide bonds.